The molecule has 6 N–H and O–H groups in total. The van der Waals surface area contributed by atoms with Crippen LogP contribution in [0.2, 0.25) is 0 Å². The van der Waals surface area contributed by atoms with Crippen molar-refractivity contribution in [1.29, 1.82) is 0 Å². The quantitative estimate of drug-likeness (QED) is 0.308. The molecule has 174 valence electrons. The normalized spacial score (nSPS) is 25.7. The Morgan fingerprint density at radius 1 is 1.31 bits per heavy atom. The summed E-state index contributed by atoms with van der Waals surface area (Å²) in [4.78, 5) is 26.9. The number of anilines is 1. The predicted octanol–water partition coefficient (Wildman–Crippen LogP) is 0.428. The summed E-state index contributed by atoms with van der Waals surface area (Å²) in [6, 6.07) is 8.14. The second-order valence-electron chi connectivity index (χ2n) is 6.98. The van der Waals surface area contributed by atoms with E-state index < -0.39 is 48.3 Å². The zero-order chi connectivity index (χ0) is 23.5. The molecular weight excluding hydrogens is 463 g/mol. The third kappa shape index (κ3) is 5.68. The number of aromatic nitrogens is 2. The number of hydrogen-bond donors (Lipinski definition) is 5. The van der Waals surface area contributed by atoms with E-state index in [1.807, 2.05) is 0 Å². The van der Waals surface area contributed by atoms with Gasteiger partial charge in [-0.25, -0.2) is 9.36 Å². The molecule has 12 nitrogen and oxygen atoms in total. The van der Waals surface area contributed by atoms with Gasteiger partial charge >= 0.3 is 19.4 Å². The minimum absolute atomic E-state index is 0.0155. The molecule has 0 radical (unpaired) electrons. The molecule has 0 spiro atoms. The molecule has 1 fully saturated rings. The number of aliphatic hydroxyl groups is 2. The molecule has 2 heterocycles. The number of nitrogens with one attached hydrogen (secondary N) is 1. The first-order valence-electron chi connectivity index (χ1n) is 9.46. The monoisotopic (exact) mass is 486 g/mol. The van der Waals surface area contributed by atoms with E-state index in [-0.39, 0.29) is 18.2 Å². The highest BCUT2D eigenvalue weighted by Crippen LogP contribution is 2.48. The highest BCUT2D eigenvalue weighted by Gasteiger charge is 2.45. The Balaban J connectivity index is 1.75. The van der Waals surface area contributed by atoms with Crippen molar-refractivity contribution in [3.63, 3.8) is 0 Å². The topological polar surface area (TPSA) is 186 Å². The molecular formula is C18H23N4O8PS. The summed E-state index contributed by atoms with van der Waals surface area (Å²) in [6.07, 6.45) is -1.34. The Hall–Kier alpha value is -2.41. The summed E-state index contributed by atoms with van der Waals surface area (Å²) >= 11 is 1.01. The van der Waals surface area contributed by atoms with Gasteiger partial charge in [0.05, 0.1) is 18.0 Å². The lowest BCUT2D eigenvalue weighted by Gasteiger charge is -2.24. The van der Waals surface area contributed by atoms with E-state index in [0.29, 0.717) is 0 Å². The van der Waals surface area contributed by atoms with Crippen LogP contribution in [0.1, 0.15) is 12.3 Å². The zero-order valence-corrected chi connectivity index (χ0v) is 18.6. The average Bonchev–Trinajstić information content (AvgIpc) is 3.01. The summed E-state index contributed by atoms with van der Waals surface area (Å²) < 4.78 is 25.2. The number of carbonyl (C=O) groups is 1. The molecule has 0 aliphatic carbocycles. The fraction of sp³-hybridized carbons (Fsp3) is 0.389. The molecule has 1 aromatic carbocycles. The Kier molecular flexibility index (Phi) is 7.59. The van der Waals surface area contributed by atoms with E-state index in [4.69, 9.17) is 19.9 Å². The number of nitrogens with zero attached hydrogens (tertiary/aromatic N) is 2. The van der Waals surface area contributed by atoms with Crippen molar-refractivity contribution in [3.8, 4) is 5.75 Å². The van der Waals surface area contributed by atoms with Crippen LogP contribution in [0.25, 0.3) is 0 Å². The van der Waals surface area contributed by atoms with Crippen LogP contribution in [0, 0.1) is 0 Å². The lowest BCUT2D eigenvalue weighted by Crippen LogP contribution is -2.37. The third-order valence-electron chi connectivity index (χ3n) is 4.56. The van der Waals surface area contributed by atoms with Crippen LogP contribution >= 0.6 is 19.5 Å². The van der Waals surface area contributed by atoms with Gasteiger partial charge in [-0.1, -0.05) is 18.2 Å². The van der Waals surface area contributed by atoms with Crippen molar-refractivity contribution in [2.45, 2.75) is 35.8 Å². The number of nitrogens with two attached hydrogens (primary N) is 1. The number of carboxylic acid groups (broad SMARTS) is 1. The first kappa shape index (κ1) is 24.2. The molecule has 0 bridgehead atoms. The van der Waals surface area contributed by atoms with Gasteiger partial charge in [0.2, 0.25) is 0 Å². The van der Waals surface area contributed by atoms with E-state index in [1.54, 1.807) is 18.2 Å². The fourth-order valence-electron chi connectivity index (χ4n) is 2.89. The maximum atomic E-state index is 13.2. The van der Waals surface area contributed by atoms with E-state index >= 15 is 0 Å². The Morgan fingerprint density at radius 2 is 2.00 bits per heavy atom. The van der Waals surface area contributed by atoms with Crippen LogP contribution in [-0.4, -0.2) is 60.9 Å². The van der Waals surface area contributed by atoms with E-state index in [9.17, 15) is 24.4 Å². The molecule has 3 rings (SSSR count). The van der Waals surface area contributed by atoms with Gasteiger partial charge in [0, 0.05) is 6.20 Å². The molecule has 1 saturated heterocycles. The first-order valence-corrected chi connectivity index (χ1v) is 11.9. The van der Waals surface area contributed by atoms with E-state index in [0.717, 1.165) is 16.3 Å². The maximum absolute atomic E-state index is 13.2. The Labute approximate surface area is 187 Å². The zero-order valence-electron chi connectivity index (χ0n) is 16.8. The van der Waals surface area contributed by atoms with Gasteiger partial charge in [-0.15, -0.1) is 11.8 Å². The van der Waals surface area contributed by atoms with Gasteiger partial charge in [-0.05, 0) is 25.1 Å². The molecule has 1 aromatic heterocycles. The molecule has 1 aliphatic rings. The maximum Gasteiger partial charge on any atom is 0.459 e. The molecule has 0 saturated carbocycles. The predicted molar refractivity (Wildman–Crippen MR) is 116 cm³/mol. The molecule has 0 amide bonds. The molecule has 32 heavy (non-hydrogen) atoms. The largest absolute Gasteiger partial charge is 0.480 e. The lowest BCUT2D eigenvalue weighted by atomic mass is 10.1. The molecule has 6 atom stereocenters. The summed E-state index contributed by atoms with van der Waals surface area (Å²) in [5.41, 5.74) is 4.78. The summed E-state index contributed by atoms with van der Waals surface area (Å²) in [6.45, 7) is 0.895. The minimum atomic E-state index is -4.19. The lowest BCUT2D eigenvalue weighted by molar-refractivity contribution is -0.138. The number of rotatable bonds is 9. The van der Waals surface area contributed by atoms with Gasteiger partial charge in [0.1, 0.15) is 29.1 Å². The van der Waals surface area contributed by atoms with Crippen molar-refractivity contribution in [3.05, 3.63) is 53.1 Å². The summed E-state index contributed by atoms with van der Waals surface area (Å²) in [5, 5.41) is 30.6. The molecule has 0 unspecified atom stereocenters. The van der Waals surface area contributed by atoms with Crippen molar-refractivity contribution < 1.29 is 33.7 Å². The SMILES string of the molecule is C[C@H](N[P@](=O)(OC[C@H]1S[C@@H](n2ccc(N)nc2=O)[C@@H](O)[C@@H]1O)Oc1ccccc1)C(=O)O. The highest BCUT2D eigenvalue weighted by molar-refractivity contribution is 8.00. The van der Waals surface area contributed by atoms with Gasteiger partial charge in [0.25, 0.3) is 0 Å². The molecule has 1 aliphatic heterocycles. The number of nitrogen functional groups attached to an aromatic ring is 1. The van der Waals surface area contributed by atoms with Gasteiger partial charge in [-0.3, -0.25) is 13.9 Å². The Bertz CT molecular complexity index is 1050. The van der Waals surface area contributed by atoms with Gasteiger partial charge < -0.3 is 25.6 Å². The van der Waals surface area contributed by atoms with E-state index in [2.05, 4.69) is 10.1 Å². The first-order chi connectivity index (χ1) is 15.1. The minimum Gasteiger partial charge on any atom is -0.480 e. The van der Waals surface area contributed by atoms with Crippen LogP contribution < -0.4 is 21.0 Å². The van der Waals surface area contributed by atoms with Crippen LogP contribution in [0.5, 0.6) is 5.75 Å². The number of benzene rings is 1. The molecule has 14 heteroatoms. The van der Waals surface area contributed by atoms with E-state index in [1.165, 1.54) is 31.3 Å². The van der Waals surface area contributed by atoms with Crippen LogP contribution in [0.15, 0.2) is 47.4 Å². The van der Waals surface area contributed by atoms with Crippen LogP contribution in [0.4, 0.5) is 5.82 Å². The third-order valence-corrected chi connectivity index (χ3v) is 7.76. The second-order valence-corrected chi connectivity index (χ2v) is 10.0. The van der Waals surface area contributed by atoms with Crippen LogP contribution in [0.3, 0.4) is 0 Å². The van der Waals surface area contributed by atoms with Crippen molar-refractivity contribution >= 4 is 31.3 Å². The van der Waals surface area contributed by atoms with Crippen LogP contribution in [-0.2, 0) is 13.9 Å². The number of aliphatic hydroxyl groups excluding tert-OH is 2. The van der Waals surface area contributed by atoms with Crippen molar-refractivity contribution in [1.82, 2.24) is 14.6 Å². The average molecular weight is 486 g/mol. The Morgan fingerprint density at radius 3 is 2.62 bits per heavy atom. The van der Waals surface area contributed by atoms with Crippen molar-refractivity contribution in [2.75, 3.05) is 12.3 Å². The highest BCUT2D eigenvalue weighted by atomic mass is 32.2. The smallest absolute Gasteiger partial charge is 0.459 e. The number of hydrogen-bond acceptors (Lipinski definition) is 10. The number of thioether (sulfide) groups is 1. The standard InChI is InChI=1S/C18H23N4O8PS/c1-10(17(25)26)21-31(28,30-11-5-3-2-4-6-11)29-9-12-14(23)15(24)16(32-12)22-8-7-13(19)20-18(22)27/h2-8,10,12,14-16,23-24H,9H2,1H3,(H,21,28)(H,25,26)(H2,19,20,27)/t10-,12+,14+,15-,16+,31-/m0/s1. The molecule has 2 aromatic rings. The number of aliphatic carboxylic acids is 1. The fourth-order valence-corrected chi connectivity index (χ4v) is 5.95. The van der Waals surface area contributed by atoms with Gasteiger partial charge in [-0.2, -0.15) is 10.1 Å². The summed E-state index contributed by atoms with van der Waals surface area (Å²) in [7, 11) is -4.19. The van der Waals surface area contributed by atoms with Crippen molar-refractivity contribution in [2.24, 2.45) is 0 Å². The second kappa shape index (κ2) is 10.0. The van der Waals surface area contributed by atoms with Gasteiger partial charge in [0.15, 0.2) is 0 Å². The number of carboxylic acids is 1. The summed E-state index contributed by atoms with van der Waals surface area (Å²) in [5.74, 6) is -1.08. The number of para-hydroxylation sites is 1.